The average Bonchev–Trinajstić information content (AvgIpc) is 2.64. The minimum Gasteiger partial charge on any atom is -0.444 e. The smallest absolute Gasteiger partial charge is 0.444 e. The number of rotatable bonds is 1. The van der Waals surface area contributed by atoms with Crippen molar-refractivity contribution >= 4 is 13.2 Å². The highest BCUT2D eigenvalue weighted by molar-refractivity contribution is 6.54. The number of nitrogens with zero attached hydrogens (tertiary/aromatic N) is 1. The molecule has 0 spiro atoms. The number of carbonyl (C=O) groups is 1. The van der Waals surface area contributed by atoms with Gasteiger partial charge >= 0.3 is 13.2 Å². The molecule has 2 atom stereocenters. The molecule has 2 fully saturated rings. The van der Waals surface area contributed by atoms with Crippen LogP contribution in [0.3, 0.4) is 0 Å². The maximum absolute atomic E-state index is 12.4. The third-order valence-corrected chi connectivity index (χ3v) is 5.75. The molecule has 2 bridgehead atoms. The van der Waals surface area contributed by atoms with E-state index in [1.165, 1.54) is 5.47 Å². The molecule has 5 nitrogen and oxygen atoms in total. The number of hydrogen-bond acceptors (Lipinski definition) is 4. The third-order valence-electron chi connectivity index (χ3n) is 5.75. The van der Waals surface area contributed by atoms with Crippen molar-refractivity contribution in [1.29, 1.82) is 0 Å². The molecule has 0 unspecified atom stereocenters. The third kappa shape index (κ3) is 3.90. The summed E-state index contributed by atoms with van der Waals surface area (Å²) in [5.41, 5.74) is 0.165. The quantitative estimate of drug-likeness (QED) is 0.675. The summed E-state index contributed by atoms with van der Waals surface area (Å²) in [6, 6.07) is 0. The number of fused-ring (bicyclic) bond motifs is 2. The van der Waals surface area contributed by atoms with Gasteiger partial charge in [0, 0.05) is 13.1 Å². The van der Waals surface area contributed by atoms with Crippen molar-refractivity contribution in [1.82, 2.24) is 4.90 Å². The van der Waals surface area contributed by atoms with Crippen molar-refractivity contribution in [3.05, 3.63) is 11.5 Å². The molecule has 6 heteroatoms. The number of amides is 1. The molecule has 3 aliphatic rings. The van der Waals surface area contributed by atoms with Gasteiger partial charge in [0.15, 0.2) is 0 Å². The minimum atomic E-state index is -0.451. The fourth-order valence-electron chi connectivity index (χ4n) is 3.86. The van der Waals surface area contributed by atoms with Crippen molar-refractivity contribution in [2.75, 3.05) is 13.1 Å². The van der Waals surface area contributed by atoms with E-state index in [2.05, 4.69) is 33.8 Å². The lowest BCUT2D eigenvalue weighted by molar-refractivity contribution is 0.00578. The zero-order chi connectivity index (χ0) is 18.6. The average molecular weight is 349 g/mol. The Bertz CT molecular complexity index is 562. The Labute approximate surface area is 152 Å². The fourth-order valence-corrected chi connectivity index (χ4v) is 3.86. The van der Waals surface area contributed by atoms with Crippen LogP contribution in [0.2, 0.25) is 0 Å². The van der Waals surface area contributed by atoms with Crippen LogP contribution in [0.4, 0.5) is 4.79 Å². The molecule has 0 aromatic heterocycles. The lowest BCUT2D eigenvalue weighted by Crippen LogP contribution is -2.47. The first kappa shape index (κ1) is 18.8. The second-order valence-electron chi connectivity index (χ2n) is 9.78. The van der Waals surface area contributed by atoms with Crippen LogP contribution in [-0.2, 0) is 14.0 Å². The number of hydrogen-bond donors (Lipinski definition) is 0. The number of likely N-dealkylation sites (tertiary alicyclic amines) is 1. The normalized spacial score (nSPS) is 30.9. The molecule has 0 saturated carbocycles. The van der Waals surface area contributed by atoms with Gasteiger partial charge in [-0.15, -0.1) is 0 Å². The Morgan fingerprint density at radius 1 is 1.20 bits per heavy atom. The van der Waals surface area contributed by atoms with E-state index in [-0.39, 0.29) is 24.4 Å². The van der Waals surface area contributed by atoms with E-state index in [9.17, 15) is 4.79 Å². The van der Waals surface area contributed by atoms with Gasteiger partial charge in [0.05, 0.1) is 11.2 Å². The number of carbonyl (C=O) groups excluding carboxylic acids is 1. The molecule has 1 amide bonds. The summed E-state index contributed by atoms with van der Waals surface area (Å²) in [6.07, 6.45) is 4.12. The van der Waals surface area contributed by atoms with Gasteiger partial charge in [0.2, 0.25) is 0 Å². The summed E-state index contributed by atoms with van der Waals surface area (Å²) >= 11 is 0. The molecule has 25 heavy (non-hydrogen) atoms. The Kier molecular flexibility index (Phi) is 4.52. The molecule has 3 rings (SSSR count). The molecule has 0 radical (unpaired) electrons. The number of ether oxygens (including phenoxy) is 1. The molecular weight excluding hydrogens is 317 g/mol. The lowest BCUT2D eigenvalue weighted by atomic mass is 9.66. The Morgan fingerprint density at radius 3 is 2.32 bits per heavy atom. The van der Waals surface area contributed by atoms with E-state index in [0.29, 0.717) is 18.4 Å². The Hall–Kier alpha value is -1.01. The maximum atomic E-state index is 12.4. The molecule has 2 saturated heterocycles. The Balaban J connectivity index is 1.68. The van der Waals surface area contributed by atoms with E-state index in [4.69, 9.17) is 14.0 Å². The van der Waals surface area contributed by atoms with Crippen LogP contribution in [0.15, 0.2) is 11.5 Å². The van der Waals surface area contributed by atoms with Crippen molar-refractivity contribution in [2.45, 2.75) is 78.1 Å². The van der Waals surface area contributed by atoms with Crippen molar-refractivity contribution in [3.8, 4) is 0 Å². The van der Waals surface area contributed by atoms with Crippen LogP contribution in [0.25, 0.3) is 0 Å². The SMILES string of the molecule is CC(C)(C)OC(=O)N1C[C@H]2C=C(B3OC(C)(C)C(C)(C)O3)C[C@H](C2)C1. The molecule has 2 aliphatic heterocycles. The number of piperidine rings is 1. The summed E-state index contributed by atoms with van der Waals surface area (Å²) in [5.74, 6) is 0.805. The highest BCUT2D eigenvalue weighted by atomic mass is 16.7. The standard InChI is InChI=1S/C19H32BNO4/c1-17(2,3)23-16(22)21-11-13-8-14(12-21)10-15(9-13)20-24-18(4,5)19(6,7)25-20/h9,13-14H,8,10-12H2,1-7H3/t13-,14+/m1/s1. The van der Waals surface area contributed by atoms with E-state index < -0.39 is 5.60 Å². The molecule has 2 heterocycles. The monoisotopic (exact) mass is 349 g/mol. The number of allylic oxidation sites excluding steroid dienone is 1. The lowest BCUT2D eigenvalue weighted by Gasteiger charge is -2.41. The molecule has 1 aliphatic carbocycles. The Morgan fingerprint density at radius 2 is 1.80 bits per heavy atom. The van der Waals surface area contributed by atoms with Crippen LogP contribution in [-0.4, -0.2) is 48.0 Å². The summed E-state index contributed by atoms with van der Waals surface area (Å²) < 4.78 is 18.0. The summed E-state index contributed by atoms with van der Waals surface area (Å²) in [4.78, 5) is 14.2. The molecule has 0 N–H and O–H groups in total. The van der Waals surface area contributed by atoms with Crippen molar-refractivity contribution < 1.29 is 18.8 Å². The van der Waals surface area contributed by atoms with Gasteiger partial charge in [-0.25, -0.2) is 4.79 Å². The van der Waals surface area contributed by atoms with Crippen molar-refractivity contribution in [3.63, 3.8) is 0 Å². The second kappa shape index (κ2) is 6.02. The zero-order valence-corrected chi connectivity index (χ0v) is 16.7. The van der Waals surface area contributed by atoms with Crippen LogP contribution in [0.5, 0.6) is 0 Å². The van der Waals surface area contributed by atoms with Gasteiger partial charge < -0.3 is 18.9 Å². The van der Waals surface area contributed by atoms with Gasteiger partial charge in [-0.3, -0.25) is 0 Å². The van der Waals surface area contributed by atoms with E-state index in [1.54, 1.807) is 0 Å². The first-order valence-electron chi connectivity index (χ1n) is 9.40. The van der Waals surface area contributed by atoms with Crippen LogP contribution in [0, 0.1) is 11.8 Å². The first-order chi connectivity index (χ1) is 11.4. The summed E-state index contributed by atoms with van der Waals surface area (Å²) in [7, 11) is -0.261. The largest absolute Gasteiger partial charge is 0.490 e. The minimum absolute atomic E-state index is 0.199. The molecule has 140 valence electrons. The first-order valence-corrected chi connectivity index (χ1v) is 9.40. The summed E-state index contributed by atoms with van der Waals surface area (Å²) in [5, 5.41) is 0. The van der Waals surface area contributed by atoms with Crippen LogP contribution >= 0.6 is 0 Å². The topological polar surface area (TPSA) is 48.0 Å². The predicted octanol–water partition coefficient (Wildman–Crippen LogP) is 3.82. The summed E-state index contributed by atoms with van der Waals surface area (Å²) in [6.45, 7) is 15.5. The van der Waals surface area contributed by atoms with Crippen LogP contribution < -0.4 is 0 Å². The van der Waals surface area contributed by atoms with Gasteiger partial charge in [-0.1, -0.05) is 6.08 Å². The van der Waals surface area contributed by atoms with Gasteiger partial charge in [0.25, 0.3) is 0 Å². The van der Waals surface area contributed by atoms with Crippen molar-refractivity contribution in [2.24, 2.45) is 11.8 Å². The predicted molar refractivity (Wildman–Crippen MR) is 98.2 cm³/mol. The molecule has 0 aromatic carbocycles. The van der Waals surface area contributed by atoms with Gasteiger partial charge in [-0.2, -0.15) is 0 Å². The van der Waals surface area contributed by atoms with Gasteiger partial charge in [-0.05, 0) is 78.6 Å². The van der Waals surface area contributed by atoms with E-state index in [0.717, 1.165) is 19.4 Å². The highest BCUT2D eigenvalue weighted by Crippen LogP contribution is 2.42. The maximum Gasteiger partial charge on any atom is 0.490 e. The molecular formula is C19H32BNO4. The van der Waals surface area contributed by atoms with E-state index >= 15 is 0 Å². The highest BCUT2D eigenvalue weighted by Gasteiger charge is 2.53. The van der Waals surface area contributed by atoms with E-state index in [1.807, 2.05) is 25.7 Å². The second-order valence-corrected chi connectivity index (χ2v) is 9.78. The van der Waals surface area contributed by atoms with Gasteiger partial charge in [0.1, 0.15) is 5.60 Å². The zero-order valence-electron chi connectivity index (χ0n) is 16.7. The van der Waals surface area contributed by atoms with Crippen LogP contribution in [0.1, 0.15) is 61.3 Å². The fraction of sp³-hybridized carbons (Fsp3) is 0.842. The molecule has 0 aromatic rings.